The first kappa shape index (κ1) is 45.8. The normalized spacial score (nSPS) is 18.8. The molecule has 0 bridgehead atoms. The molecule has 3 aliphatic rings. The maximum Gasteiger partial charge on any atom is 0.210 e. The lowest BCUT2D eigenvalue weighted by Crippen LogP contribution is -2.55. The molecule has 1 atom stereocenters. The van der Waals surface area contributed by atoms with Gasteiger partial charge in [-0.2, -0.15) is 0 Å². The second-order valence-corrected chi connectivity index (χ2v) is 20.3. The number of unbranched alkanes of at least 4 members (excludes halogenated alkanes) is 11. The average molecular weight is 858 g/mol. The van der Waals surface area contributed by atoms with Gasteiger partial charge in [0.1, 0.15) is 4.90 Å². The molecular formula is C46H69F2N5O4S2. The number of fused-ring (bicyclic) bond motifs is 1. The van der Waals surface area contributed by atoms with E-state index < -0.39 is 42.9 Å². The molecule has 59 heavy (non-hydrogen) atoms. The number of nitrogens with zero attached hydrogens (tertiary/aromatic N) is 5. The first-order chi connectivity index (χ1) is 28.6. The van der Waals surface area contributed by atoms with E-state index >= 15 is 8.78 Å². The fourth-order valence-electron chi connectivity index (χ4n) is 9.43. The van der Waals surface area contributed by atoms with E-state index in [4.69, 9.17) is 4.74 Å². The number of likely N-dealkylation sites (N-methyl/N-ethyl adjacent to an activating group) is 1. The molecule has 3 aromatic rings. The second kappa shape index (κ2) is 22.4. The van der Waals surface area contributed by atoms with Crippen LogP contribution < -0.4 is 9.64 Å². The molecule has 9 nitrogen and oxygen atoms in total. The topological polar surface area (TPSA) is 86.3 Å². The van der Waals surface area contributed by atoms with Crippen LogP contribution in [0.5, 0.6) is 5.75 Å². The molecule has 0 aliphatic carbocycles. The lowest BCUT2D eigenvalue weighted by Gasteiger charge is -2.46. The van der Waals surface area contributed by atoms with Crippen molar-refractivity contribution in [3.05, 3.63) is 48.2 Å². The third-order valence-corrected chi connectivity index (χ3v) is 15.7. The van der Waals surface area contributed by atoms with E-state index in [0.717, 1.165) is 103 Å². The van der Waals surface area contributed by atoms with Gasteiger partial charge < -0.3 is 19.4 Å². The van der Waals surface area contributed by atoms with Gasteiger partial charge in [0.2, 0.25) is 9.84 Å². The summed E-state index contributed by atoms with van der Waals surface area (Å²) in [6.45, 7) is 13.7. The van der Waals surface area contributed by atoms with Gasteiger partial charge in [-0.1, -0.05) is 84.5 Å². The second-order valence-electron chi connectivity index (χ2n) is 17.0. The summed E-state index contributed by atoms with van der Waals surface area (Å²) in [6, 6.07) is 7.99. The minimum absolute atomic E-state index is 0.115. The van der Waals surface area contributed by atoms with Crippen LogP contribution in [-0.4, -0.2) is 116 Å². The van der Waals surface area contributed by atoms with Crippen molar-refractivity contribution >= 4 is 37.2 Å². The fourth-order valence-corrected chi connectivity index (χ4v) is 11.4. The summed E-state index contributed by atoms with van der Waals surface area (Å²) < 4.78 is 78.1. The van der Waals surface area contributed by atoms with Crippen LogP contribution in [0.25, 0.3) is 10.9 Å². The molecule has 6 rings (SSSR count). The highest BCUT2D eigenvalue weighted by atomic mass is 32.2. The highest BCUT2D eigenvalue weighted by Crippen LogP contribution is 2.40. The van der Waals surface area contributed by atoms with Crippen LogP contribution in [0, 0.1) is 11.6 Å². The van der Waals surface area contributed by atoms with Crippen molar-refractivity contribution in [3.8, 4) is 5.75 Å². The van der Waals surface area contributed by atoms with Crippen molar-refractivity contribution < 1.29 is 26.1 Å². The predicted molar refractivity (Wildman–Crippen MR) is 236 cm³/mol. The summed E-state index contributed by atoms with van der Waals surface area (Å²) in [5, 5.41) is 0.560. The van der Waals surface area contributed by atoms with E-state index in [1.807, 2.05) is 0 Å². The van der Waals surface area contributed by atoms with E-state index in [2.05, 4.69) is 38.4 Å². The highest BCUT2D eigenvalue weighted by Gasteiger charge is 2.34. The van der Waals surface area contributed by atoms with Crippen LogP contribution in [0.3, 0.4) is 0 Å². The lowest BCUT2D eigenvalue weighted by atomic mass is 9.96. The minimum Gasteiger partial charge on any atom is -0.488 e. The van der Waals surface area contributed by atoms with Crippen LogP contribution in [0.2, 0.25) is 0 Å². The molecule has 0 N–H and O–H groups in total. The first-order valence-corrected chi connectivity index (χ1v) is 25.7. The summed E-state index contributed by atoms with van der Waals surface area (Å²) in [6.07, 6.45) is 21.0. The van der Waals surface area contributed by atoms with Crippen molar-refractivity contribution in [2.75, 3.05) is 76.7 Å². The van der Waals surface area contributed by atoms with Gasteiger partial charge in [-0.3, -0.25) is 14.1 Å². The third-order valence-electron chi connectivity index (χ3n) is 13.1. The predicted octanol–water partition coefficient (Wildman–Crippen LogP) is 9.23. The first-order valence-electron chi connectivity index (χ1n) is 22.7. The van der Waals surface area contributed by atoms with Gasteiger partial charge in [-0.05, 0) is 82.1 Å². The van der Waals surface area contributed by atoms with Crippen molar-refractivity contribution in [3.63, 3.8) is 0 Å². The zero-order valence-corrected chi connectivity index (χ0v) is 37.6. The molecular weight excluding hydrogens is 789 g/mol. The molecule has 328 valence electrons. The number of aromatic nitrogens is 1. The number of hydrogen-bond donors (Lipinski definition) is 0. The molecule has 3 saturated heterocycles. The van der Waals surface area contributed by atoms with Gasteiger partial charge in [-0.15, -0.1) is 0 Å². The number of piperidine rings is 2. The average Bonchev–Trinajstić information content (AvgIpc) is 3.25. The molecule has 1 aromatic heterocycles. The molecule has 3 aliphatic heterocycles. The number of ether oxygens (including phenoxy) is 1. The van der Waals surface area contributed by atoms with Gasteiger partial charge in [0.05, 0.1) is 22.7 Å². The zero-order chi connectivity index (χ0) is 41.8. The van der Waals surface area contributed by atoms with E-state index in [0.29, 0.717) is 53.1 Å². The van der Waals surface area contributed by atoms with Crippen LogP contribution >= 0.6 is 0 Å². The van der Waals surface area contributed by atoms with Crippen LogP contribution in [0.4, 0.5) is 14.5 Å². The van der Waals surface area contributed by atoms with E-state index in [-0.39, 0.29) is 11.5 Å². The number of hydrogen-bond acceptors (Lipinski definition) is 9. The Balaban J connectivity index is 1.09. The summed E-state index contributed by atoms with van der Waals surface area (Å²) in [5.74, 6) is -2.65. The van der Waals surface area contributed by atoms with E-state index in [9.17, 15) is 12.6 Å². The number of rotatable bonds is 21. The number of halogens is 2. The van der Waals surface area contributed by atoms with Gasteiger partial charge in [-0.25, -0.2) is 17.2 Å². The van der Waals surface area contributed by atoms with E-state index in [1.165, 1.54) is 57.6 Å². The molecule has 0 saturated carbocycles. The van der Waals surface area contributed by atoms with Crippen LogP contribution in [-0.2, 0) is 20.6 Å². The number of benzene rings is 2. The number of piperazine rings is 1. The largest absolute Gasteiger partial charge is 0.488 e. The molecule has 4 heterocycles. The van der Waals surface area contributed by atoms with Crippen molar-refractivity contribution in [1.29, 1.82) is 0 Å². The Kier molecular flexibility index (Phi) is 17.4. The van der Waals surface area contributed by atoms with Gasteiger partial charge >= 0.3 is 0 Å². The minimum atomic E-state index is -4.44. The Bertz CT molecular complexity index is 1900. The summed E-state index contributed by atoms with van der Waals surface area (Å²) in [5.41, 5.74) is 1.01. The Morgan fingerprint density at radius 1 is 0.729 bits per heavy atom. The number of pyridine rings is 1. The lowest BCUT2D eigenvalue weighted by molar-refractivity contribution is 0.0449. The number of sulfone groups is 1. The van der Waals surface area contributed by atoms with E-state index in [1.54, 1.807) is 24.5 Å². The van der Waals surface area contributed by atoms with Gasteiger partial charge in [0, 0.05) is 84.9 Å². The van der Waals surface area contributed by atoms with Crippen molar-refractivity contribution in [2.45, 2.75) is 143 Å². The molecule has 3 fully saturated rings. The smallest absolute Gasteiger partial charge is 0.210 e. The summed E-state index contributed by atoms with van der Waals surface area (Å²) in [4.78, 5) is 14.3. The SMILES string of the molecule is CCCCCCCCCCCCCCOc1c(F)cc(S(=O)(=O)c2cnc3ccc(S(C)=O)cc3c2N2CCC(N3CCC(N4CCN(CC)CC4)CC3)CC2)cc1F. The Morgan fingerprint density at radius 3 is 1.83 bits per heavy atom. The van der Waals surface area contributed by atoms with Crippen LogP contribution in [0.15, 0.2) is 51.2 Å². The Morgan fingerprint density at radius 2 is 1.27 bits per heavy atom. The molecule has 2 aromatic carbocycles. The van der Waals surface area contributed by atoms with Crippen LogP contribution in [0.1, 0.15) is 117 Å². The highest BCUT2D eigenvalue weighted by molar-refractivity contribution is 7.91. The Hall–Kier alpha value is -2.71. The zero-order valence-electron chi connectivity index (χ0n) is 35.9. The molecule has 0 spiro atoms. The quantitative estimate of drug-likeness (QED) is 0.0974. The van der Waals surface area contributed by atoms with Crippen molar-refractivity contribution in [1.82, 2.24) is 19.7 Å². The maximum absolute atomic E-state index is 15.5. The molecule has 0 amide bonds. The van der Waals surface area contributed by atoms with Gasteiger partial charge in [0.25, 0.3) is 0 Å². The molecule has 13 heteroatoms. The molecule has 1 unspecified atom stereocenters. The molecule has 0 radical (unpaired) electrons. The summed E-state index contributed by atoms with van der Waals surface area (Å²) >= 11 is 0. The maximum atomic E-state index is 15.5. The van der Waals surface area contributed by atoms with Gasteiger partial charge in [0.15, 0.2) is 17.4 Å². The Labute approximate surface area is 355 Å². The standard InChI is InChI=1S/C46H69F2N5O4S2/c1-4-6-7-8-9-10-11-12-13-14-15-16-31-57-46-41(47)33-39(34-42(46)48)59(55,56)44-35-49-43-18-17-38(58(3)54)32-40(43)45(44)53-25-21-36(22-26-53)51-23-19-37(20-24-51)52-29-27-50(5-2)28-30-52/h17-18,32-37H,4-16,19-31H2,1-3H3. The van der Waals surface area contributed by atoms with Crippen molar-refractivity contribution in [2.24, 2.45) is 0 Å². The summed E-state index contributed by atoms with van der Waals surface area (Å²) in [7, 11) is -5.76. The third kappa shape index (κ3) is 12.0. The fraction of sp³-hybridized carbons (Fsp3) is 0.674. The monoisotopic (exact) mass is 857 g/mol. The number of anilines is 1. The number of likely N-dealkylation sites (tertiary alicyclic amines) is 1.